The van der Waals surface area contributed by atoms with E-state index >= 15 is 0 Å². The molecular weight excluding hydrogens is 332 g/mol. The van der Waals surface area contributed by atoms with Crippen LogP contribution in [0.4, 0.5) is 5.82 Å². The van der Waals surface area contributed by atoms with Crippen molar-refractivity contribution in [2.45, 2.75) is 19.8 Å². The Labute approximate surface area is 149 Å². The maximum atomic E-state index is 11.7. The van der Waals surface area contributed by atoms with E-state index in [0.717, 1.165) is 5.56 Å². The summed E-state index contributed by atoms with van der Waals surface area (Å²) in [6.45, 7) is 3.86. The molecule has 2 heterocycles. The van der Waals surface area contributed by atoms with E-state index in [2.05, 4.69) is 20.2 Å². The average Bonchev–Trinajstić information content (AvgIpc) is 2.62. The van der Waals surface area contributed by atoms with Crippen LogP contribution in [0.3, 0.4) is 0 Å². The molecule has 3 aromatic rings. The summed E-state index contributed by atoms with van der Waals surface area (Å²) in [6, 6.07) is 10.7. The molecule has 5 N–H and O–H groups in total. The maximum absolute atomic E-state index is 11.7. The van der Waals surface area contributed by atoms with Gasteiger partial charge < -0.3 is 11.5 Å². The quantitative estimate of drug-likeness (QED) is 0.654. The van der Waals surface area contributed by atoms with Crippen LogP contribution < -0.4 is 17.0 Å². The number of rotatable bonds is 4. The van der Waals surface area contributed by atoms with E-state index in [0.29, 0.717) is 22.6 Å². The third-order valence-corrected chi connectivity index (χ3v) is 3.89. The van der Waals surface area contributed by atoms with E-state index in [1.807, 2.05) is 44.2 Å². The molecule has 8 heteroatoms. The van der Waals surface area contributed by atoms with E-state index in [4.69, 9.17) is 11.5 Å². The highest BCUT2D eigenvalue weighted by Gasteiger charge is 2.22. The Morgan fingerprint density at radius 3 is 2.38 bits per heavy atom. The number of H-pyrrole nitrogens is 1. The lowest BCUT2D eigenvalue weighted by atomic mass is 9.98. The predicted molar refractivity (Wildman–Crippen MR) is 98.3 cm³/mol. The summed E-state index contributed by atoms with van der Waals surface area (Å²) in [7, 11) is 0. The number of nitrogens with two attached hydrogens (primary N) is 2. The number of nitrogens with zero attached hydrogens (tertiary/aromatic N) is 3. The average molecular weight is 350 g/mol. The predicted octanol–water partition coefficient (Wildman–Crippen LogP) is 1.70. The first-order valence-electron chi connectivity index (χ1n) is 8.01. The van der Waals surface area contributed by atoms with Crippen molar-refractivity contribution in [3.63, 3.8) is 0 Å². The number of carbonyl (C=O) groups is 1. The minimum Gasteiger partial charge on any atom is -0.382 e. The second kappa shape index (κ2) is 6.75. The van der Waals surface area contributed by atoms with Gasteiger partial charge in [0.25, 0.3) is 11.5 Å². The SMILES string of the molecule is CC(C)c1cc(=O)[nH]nc1-c1nc(C(N)=O)c(N)nc1-c1ccccc1. The van der Waals surface area contributed by atoms with Gasteiger partial charge >= 0.3 is 0 Å². The number of nitrogen functional groups attached to an aromatic ring is 1. The van der Waals surface area contributed by atoms with Gasteiger partial charge in [0.1, 0.15) is 17.1 Å². The van der Waals surface area contributed by atoms with Gasteiger partial charge in [-0.25, -0.2) is 15.1 Å². The summed E-state index contributed by atoms with van der Waals surface area (Å²) in [5.41, 5.74) is 13.4. The first-order chi connectivity index (χ1) is 12.4. The van der Waals surface area contributed by atoms with E-state index < -0.39 is 5.91 Å². The lowest BCUT2D eigenvalue weighted by molar-refractivity contribution is 0.0996. The molecule has 0 aliphatic rings. The summed E-state index contributed by atoms with van der Waals surface area (Å²) in [4.78, 5) is 32.1. The lowest BCUT2D eigenvalue weighted by Gasteiger charge is -2.15. The molecule has 0 atom stereocenters. The molecule has 0 saturated carbocycles. The Hall–Kier alpha value is -3.55. The van der Waals surface area contributed by atoms with Crippen molar-refractivity contribution in [2.75, 3.05) is 5.73 Å². The van der Waals surface area contributed by atoms with Crippen LogP contribution in [0.15, 0.2) is 41.2 Å². The molecule has 1 amide bonds. The number of hydrogen-bond acceptors (Lipinski definition) is 6. The molecule has 0 fully saturated rings. The first-order valence-corrected chi connectivity index (χ1v) is 8.01. The number of anilines is 1. The van der Waals surface area contributed by atoms with Gasteiger partial charge in [-0.3, -0.25) is 9.59 Å². The fraction of sp³-hybridized carbons (Fsp3) is 0.167. The zero-order valence-corrected chi connectivity index (χ0v) is 14.4. The molecule has 2 aromatic heterocycles. The largest absolute Gasteiger partial charge is 0.382 e. The van der Waals surface area contributed by atoms with E-state index in [-0.39, 0.29) is 23.0 Å². The summed E-state index contributed by atoms with van der Waals surface area (Å²) in [5, 5.41) is 6.57. The molecule has 0 unspecified atom stereocenters. The minimum absolute atomic E-state index is 0.000181. The normalized spacial score (nSPS) is 10.9. The Kier molecular flexibility index (Phi) is 4.49. The number of aromatic amines is 1. The second-order valence-corrected chi connectivity index (χ2v) is 6.08. The molecule has 0 spiro atoms. The number of nitrogens with one attached hydrogen (secondary N) is 1. The summed E-state index contributed by atoms with van der Waals surface area (Å²) >= 11 is 0. The smallest absolute Gasteiger partial charge is 0.271 e. The van der Waals surface area contributed by atoms with Gasteiger partial charge in [-0.05, 0) is 11.5 Å². The van der Waals surface area contributed by atoms with Crippen LogP contribution in [0.5, 0.6) is 0 Å². The van der Waals surface area contributed by atoms with Gasteiger partial charge in [-0.2, -0.15) is 5.10 Å². The van der Waals surface area contributed by atoms with Gasteiger partial charge in [0.15, 0.2) is 11.5 Å². The zero-order valence-electron chi connectivity index (χ0n) is 14.4. The van der Waals surface area contributed by atoms with Crippen molar-refractivity contribution in [3.8, 4) is 22.6 Å². The van der Waals surface area contributed by atoms with Crippen molar-refractivity contribution >= 4 is 11.7 Å². The van der Waals surface area contributed by atoms with E-state index in [1.54, 1.807) is 0 Å². The number of benzene rings is 1. The van der Waals surface area contributed by atoms with Crippen LogP contribution in [-0.4, -0.2) is 26.1 Å². The van der Waals surface area contributed by atoms with Gasteiger partial charge in [0.2, 0.25) is 0 Å². The number of amides is 1. The van der Waals surface area contributed by atoms with E-state index in [9.17, 15) is 9.59 Å². The Bertz CT molecular complexity index is 1030. The molecule has 0 aliphatic carbocycles. The van der Waals surface area contributed by atoms with Crippen LogP contribution >= 0.6 is 0 Å². The topological polar surface area (TPSA) is 141 Å². The Morgan fingerprint density at radius 1 is 1.08 bits per heavy atom. The molecule has 26 heavy (non-hydrogen) atoms. The van der Waals surface area contributed by atoms with Gasteiger partial charge in [0.05, 0.1) is 0 Å². The summed E-state index contributed by atoms with van der Waals surface area (Å²) in [6.07, 6.45) is 0. The van der Waals surface area contributed by atoms with Crippen LogP contribution in [0.1, 0.15) is 35.8 Å². The zero-order chi connectivity index (χ0) is 18.8. The minimum atomic E-state index is -0.786. The molecule has 1 aromatic carbocycles. The van der Waals surface area contributed by atoms with Crippen molar-refractivity contribution in [2.24, 2.45) is 5.73 Å². The highest BCUT2D eigenvalue weighted by atomic mass is 16.1. The van der Waals surface area contributed by atoms with Gasteiger partial charge in [0, 0.05) is 11.6 Å². The highest BCUT2D eigenvalue weighted by Crippen LogP contribution is 2.33. The van der Waals surface area contributed by atoms with Crippen LogP contribution in [0.25, 0.3) is 22.6 Å². The van der Waals surface area contributed by atoms with Crippen molar-refractivity contribution in [3.05, 3.63) is 58.0 Å². The highest BCUT2D eigenvalue weighted by molar-refractivity contribution is 5.96. The third-order valence-electron chi connectivity index (χ3n) is 3.89. The standard InChI is InChI=1S/C18H18N6O2/c1-9(2)11-8-12(25)23-24-14(11)15-13(10-6-4-3-5-7-10)22-17(19)16(21-15)18(20)26/h3-9H,1-2H3,(H2,19,22)(H2,20,26)(H,23,25). The van der Waals surface area contributed by atoms with Crippen molar-refractivity contribution in [1.29, 1.82) is 0 Å². The Balaban J connectivity index is 2.38. The molecule has 132 valence electrons. The Morgan fingerprint density at radius 2 is 1.77 bits per heavy atom. The number of hydrogen-bond donors (Lipinski definition) is 3. The number of aromatic nitrogens is 4. The fourth-order valence-electron chi connectivity index (χ4n) is 2.64. The first kappa shape index (κ1) is 17.3. The second-order valence-electron chi connectivity index (χ2n) is 6.08. The van der Waals surface area contributed by atoms with E-state index in [1.165, 1.54) is 6.07 Å². The molecule has 0 aliphatic heterocycles. The lowest BCUT2D eigenvalue weighted by Crippen LogP contribution is -2.19. The number of primary amides is 1. The summed E-state index contributed by atoms with van der Waals surface area (Å²) < 4.78 is 0. The molecule has 0 bridgehead atoms. The van der Waals surface area contributed by atoms with Crippen molar-refractivity contribution < 1.29 is 4.79 Å². The number of carbonyl (C=O) groups excluding carboxylic acids is 1. The third kappa shape index (κ3) is 3.16. The molecule has 8 nitrogen and oxygen atoms in total. The fourth-order valence-corrected chi connectivity index (χ4v) is 2.64. The van der Waals surface area contributed by atoms with Crippen molar-refractivity contribution in [1.82, 2.24) is 20.2 Å². The summed E-state index contributed by atoms with van der Waals surface area (Å²) in [5.74, 6) is -0.846. The molecular formula is C18H18N6O2. The van der Waals surface area contributed by atoms with Gasteiger partial charge in [-0.1, -0.05) is 44.2 Å². The van der Waals surface area contributed by atoms with Crippen LogP contribution in [-0.2, 0) is 0 Å². The molecule has 0 radical (unpaired) electrons. The maximum Gasteiger partial charge on any atom is 0.271 e. The monoisotopic (exact) mass is 350 g/mol. The van der Waals surface area contributed by atoms with Gasteiger partial charge in [-0.15, -0.1) is 0 Å². The van der Waals surface area contributed by atoms with Crippen LogP contribution in [0.2, 0.25) is 0 Å². The molecule has 0 saturated heterocycles. The van der Waals surface area contributed by atoms with Crippen LogP contribution in [0, 0.1) is 0 Å². The molecule has 3 rings (SSSR count).